The molecular weight excluding hydrogens is 260 g/mol. The molecule has 0 aliphatic carbocycles. The molecule has 0 aromatic heterocycles. The summed E-state index contributed by atoms with van der Waals surface area (Å²) >= 11 is 0. The molecule has 6 heteroatoms. The SMILES string of the molecule is O=C1CCC(CC(O)Cc2ccc3c(c2)OCO3)=NN1. The summed E-state index contributed by atoms with van der Waals surface area (Å²) in [6, 6.07) is 5.65. The van der Waals surface area contributed by atoms with Crippen molar-refractivity contribution in [1.29, 1.82) is 0 Å². The summed E-state index contributed by atoms with van der Waals surface area (Å²) in [6.07, 6.45) is 1.52. The first-order valence-corrected chi connectivity index (χ1v) is 6.61. The van der Waals surface area contributed by atoms with Crippen LogP contribution in [-0.2, 0) is 11.2 Å². The van der Waals surface area contributed by atoms with Crippen molar-refractivity contribution in [1.82, 2.24) is 5.43 Å². The fraction of sp³-hybridized carbons (Fsp3) is 0.429. The molecule has 6 nitrogen and oxygen atoms in total. The summed E-state index contributed by atoms with van der Waals surface area (Å²) in [6.45, 7) is 0.248. The summed E-state index contributed by atoms with van der Waals surface area (Å²) < 4.78 is 10.6. The topological polar surface area (TPSA) is 80.2 Å². The zero-order valence-electron chi connectivity index (χ0n) is 11.0. The molecule has 1 aromatic rings. The number of aliphatic hydroxyl groups is 1. The molecule has 0 bridgehead atoms. The van der Waals surface area contributed by atoms with Gasteiger partial charge in [-0.25, -0.2) is 5.43 Å². The molecule has 0 fully saturated rings. The average molecular weight is 276 g/mol. The number of ether oxygens (including phenoxy) is 2. The van der Waals surface area contributed by atoms with Gasteiger partial charge in [0.2, 0.25) is 12.7 Å². The molecule has 1 aromatic carbocycles. The van der Waals surface area contributed by atoms with Crippen LogP contribution >= 0.6 is 0 Å². The number of hydrazone groups is 1. The highest BCUT2D eigenvalue weighted by atomic mass is 16.7. The van der Waals surface area contributed by atoms with E-state index in [0.717, 1.165) is 22.8 Å². The van der Waals surface area contributed by atoms with Crippen LogP contribution in [0.25, 0.3) is 0 Å². The number of benzene rings is 1. The van der Waals surface area contributed by atoms with E-state index in [0.29, 0.717) is 25.7 Å². The van der Waals surface area contributed by atoms with Crippen molar-refractivity contribution in [2.45, 2.75) is 31.8 Å². The van der Waals surface area contributed by atoms with E-state index < -0.39 is 6.10 Å². The predicted octanol–water partition coefficient (Wildman–Crippen LogP) is 0.975. The quantitative estimate of drug-likeness (QED) is 0.859. The van der Waals surface area contributed by atoms with Crippen molar-refractivity contribution in [3.63, 3.8) is 0 Å². The van der Waals surface area contributed by atoms with Gasteiger partial charge in [0, 0.05) is 18.6 Å². The van der Waals surface area contributed by atoms with Crippen LogP contribution in [0.3, 0.4) is 0 Å². The van der Waals surface area contributed by atoms with E-state index in [2.05, 4.69) is 10.5 Å². The molecule has 0 saturated heterocycles. The normalized spacial score (nSPS) is 18.4. The third-order valence-corrected chi connectivity index (χ3v) is 3.36. The van der Waals surface area contributed by atoms with E-state index in [4.69, 9.17) is 9.47 Å². The number of amides is 1. The van der Waals surface area contributed by atoms with Gasteiger partial charge in [0.1, 0.15) is 0 Å². The summed E-state index contributed by atoms with van der Waals surface area (Å²) in [7, 11) is 0. The predicted molar refractivity (Wildman–Crippen MR) is 71.7 cm³/mol. The van der Waals surface area contributed by atoms with Crippen LogP contribution in [0.15, 0.2) is 23.3 Å². The Balaban J connectivity index is 1.59. The lowest BCUT2D eigenvalue weighted by atomic mass is 10.0. The number of fused-ring (bicyclic) bond motifs is 1. The second-order valence-electron chi connectivity index (χ2n) is 4.96. The fourth-order valence-electron chi connectivity index (χ4n) is 2.34. The van der Waals surface area contributed by atoms with E-state index >= 15 is 0 Å². The van der Waals surface area contributed by atoms with Crippen molar-refractivity contribution in [2.24, 2.45) is 5.10 Å². The van der Waals surface area contributed by atoms with Crippen LogP contribution in [0.5, 0.6) is 11.5 Å². The van der Waals surface area contributed by atoms with Gasteiger partial charge in [-0.3, -0.25) is 4.79 Å². The molecule has 1 unspecified atom stereocenters. The molecule has 0 spiro atoms. The summed E-state index contributed by atoms with van der Waals surface area (Å²) in [5.74, 6) is 1.39. The zero-order chi connectivity index (χ0) is 13.9. The van der Waals surface area contributed by atoms with Crippen LogP contribution in [0.4, 0.5) is 0 Å². The lowest BCUT2D eigenvalue weighted by Gasteiger charge is -2.15. The van der Waals surface area contributed by atoms with Gasteiger partial charge in [0.15, 0.2) is 11.5 Å². The number of rotatable bonds is 4. The molecule has 2 aliphatic heterocycles. The lowest BCUT2D eigenvalue weighted by Crippen LogP contribution is -2.28. The minimum absolute atomic E-state index is 0.0704. The number of hydrogen-bond acceptors (Lipinski definition) is 5. The third kappa shape index (κ3) is 2.91. The number of nitrogens with zero attached hydrogens (tertiary/aromatic N) is 1. The molecule has 1 atom stereocenters. The van der Waals surface area contributed by atoms with Crippen LogP contribution in [-0.4, -0.2) is 29.6 Å². The highest BCUT2D eigenvalue weighted by Gasteiger charge is 2.17. The van der Waals surface area contributed by atoms with Gasteiger partial charge >= 0.3 is 0 Å². The number of hydrogen-bond donors (Lipinski definition) is 2. The zero-order valence-corrected chi connectivity index (χ0v) is 11.0. The molecule has 106 valence electrons. The maximum Gasteiger partial charge on any atom is 0.240 e. The minimum atomic E-state index is -0.524. The number of nitrogens with one attached hydrogen (secondary N) is 1. The largest absolute Gasteiger partial charge is 0.454 e. The standard InChI is InChI=1S/C14H16N2O4/c17-11(7-10-2-4-14(18)16-15-10)5-9-1-3-12-13(6-9)20-8-19-12/h1,3,6,11,17H,2,4-5,7-8H2,(H,16,18). The summed E-state index contributed by atoms with van der Waals surface area (Å²) in [5, 5.41) is 14.1. The molecule has 0 saturated carbocycles. The Morgan fingerprint density at radius 1 is 1.25 bits per heavy atom. The molecule has 0 radical (unpaired) electrons. The monoisotopic (exact) mass is 276 g/mol. The van der Waals surface area contributed by atoms with Crippen LogP contribution in [0.2, 0.25) is 0 Å². The van der Waals surface area contributed by atoms with E-state index in [9.17, 15) is 9.90 Å². The van der Waals surface area contributed by atoms with Gasteiger partial charge < -0.3 is 14.6 Å². The van der Waals surface area contributed by atoms with Gasteiger partial charge in [0.25, 0.3) is 0 Å². The average Bonchev–Trinajstić information content (AvgIpc) is 2.89. The Labute approximate surface area is 116 Å². The van der Waals surface area contributed by atoms with Crippen LogP contribution in [0.1, 0.15) is 24.8 Å². The number of carbonyl (C=O) groups excluding carboxylic acids is 1. The van der Waals surface area contributed by atoms with Gasteiger partial charge in [-0.2, -0.15) is 5.10 Å². The Hall–Kier alpha value is -2.08. The van der Waals surface area contributed by atoms with Crippen molar-refractivity contribution >= 4 is 11.6 Å². The van der Waals surface area contributed by atoms with Gasteiger partial charge in [0.05, 0.1) is 6.10 Å². The van der Waals surface area contributed by atoms with Gasteiger partial charge in [-0.15, -0.1) is 0 Å². The molecular formula is C14H16N2O4. The molecule has 3 rings (SSSR count). The lowest BCUT2D eigenvalue weighted by molar-refractivity contribution is -0.121. The van der Waals surface area contributed by atoms with E-state index in [1.807, 2.05) is 18.2 Å². The summed E-state index contributed by atoms with van der Waals surface area (Å²) in [4.78, 5) is 11.0. The Morgan fingerprint density at radius 2 is 2.10 bits per heavy atom. The van der Waals surface area contributed by atoms with Crippen molar-refractivity contribution in [3.8, 4) is 11.5 Å². The van der Waals surface area contributed by atoms with E-state index in [-0.39, 0.29) is 12.7 Å². The van der Waals surface area contributed by atoms with Crippen molar-refractivity contribution in [2.75, 3.05) is 6.79 Å². The second kappa shape index (κ2) is 5.50. The maximum absolute atomic E-state index is 11.0. The second-order valence-corrected chi connectivity index (χ2v) is 4.96. The number of carbonyl (C=O) groups is 1. The Bertz CT molecular complexity index is 556. The van der Waals surface area contributed by atoms with E-state index in [1.54, 1.807) is 0 Å². The molecule has 20 heavy (non-hydrogen) atoms. The Kier molecular flexibility index (Phi) is 3.56. The van der Waals surface area contributed by atoms with Crippen molar-refractivity contribution in [3.05, 3.63) is 23.8 Å². The third-order valence-electron chi connectivity index (χ3n) is 3.36. The number of aliphatic hydroxyl groups excluding tert-OH is 1. The van der Waals surface area contributed by atoms with Crippen LogP contribution < -0.4 is 14.9 Å². The van der Waals surface area contributed by atoms with Gasteiger partial charge in [-0.1, -0.05) is 6.07 Å². The fourth-order valence-corrected chi connectivity index (χ4v) is 2.34. The van der Waals surface area contributed by atoms with Crippen LogP contribution in [0, 0.1) is 0 Å². The first kappa shape index (κ1) is 12.9. The smallest absolute Gasteiger partial charge is 0.240 e. The molecule has 2 N–H and O–H groups in total. The molecule has 2 heterocycles. The maximum atomic E-state index is 11.0. The first-order chi connectivity index (χ1) is 9.70. The first-order valence-electron chi connectivity index (χ1n) is 6.61. The molecule has 1 amide bonds. The van der Waals surface area contributed by atoms with Gasteiger partial charge in [-0.05, 0) is 30.5 Å². The highest BCUT2D eigenvalue weighted by molar-refractivity contribution is 5.92. The van der Waals surface area contributed by atoms with E-state index in [1.165, 1.54) is 0 Å². The highest BCUT2D eigenvalue weighted by Crippen LogP contribution is 2.32. The van der Waals surface area contributed by atoms with Crippen molar-refractivity contribution < 1.29 is 19.4 Å². The minimum Gasteiger partial charge on any atom is -0.454 e. The Morgan fingerprint density at radius 3 is 2.90 bits per heavy atom. The molecule has 2 aliphatic rings. The summed E-state index contributed by atoms with van der Waals surface area (Å²) in [5.41, 5.74) is 4.26.